The molecule has 1 unspecified atom stereocenters. The van der Waals surface area contributed by atoms with E-state index < -0.39 is 16.1 Å². The molecule has 0 radical (unpaired) electrons. The molecule has 1 atom stereocenters. The van der Waals surface area contributed by atoms with Gasteiger partial charge in [0.1, 0.15) is 12.2 Å². The minimum absolute atomic E-state index is 0.0290. The summed E-state index contributed by atoms with van der Waals surface area (Å²) in [5.41, 5.74) is 0.544. The van der Waals surface area contributed by atoms with Crippen molar-refractivity contribution in [3.8, 4) is 0 Å². The molecule has 102 valence electrons. The molecule has 0 fully saturated rings. The molecule has 7 nitrogen and oxygen atoms in total. The highest BCUT2D eigenvalue weighted by Gasteiger charge is 2.15. The first-order valence-electron chi connectivity index (χ1n) is 5.61. The van der Waals surface area contributed by atoms with Gasteiger partial charge in [-0.1, -0.05) is 12.1 Å². The minimum Gasteiger partial charge on any atom is -0.389 e. The number of aliphatic hydroxyl groups excluding tert-OH is 1. The second-order valence-electron chi connectivity index (χ2n) is 4.01. The van der Waals surface area contributed by atoms with Crippen LogP contribution in [-0.2, 0) is 16.6 Å². The first-order chi connectivity index (χ1) is 8.99. The van der Waals surface area contributed by atoms with Crippen molar-refractivity contribution in [3.63, 3.8) is 0 Å². The largest absolute Gasteiger partial charge is 0.389 e. The summed E-state index contributed by atoms with van der Waals surface area (Å²) in [6, 6.07) is 6.16. The molecule has 1 heterocycles. The first-order valence-corrected chi connectivity index (χ1v) is 7.09. The Labute approximate surface area is 110 Å². The van der Waals surface area contributed by atoms with E-state index in [1.807, 2.05) is 0 Å². The summed E-state index contributed by atoms with van der Waals surface area (Å²) in [5, 5.41) is 15.6. The number of aliphatic hydroxyl groups is 1. The zero-order valence-electron chi connectivity index (χ0n) is 10.2. The molecule has 0 saturated carbocycles. The predicted octanol–water partition coefficient (Wildman–Crippen LogP) is 0.336. The van der Waals surface area contributed by atoms with Gasteiger partial charge in [-0.2, -0.15) is 5.10 Å². The van der Waals surface area contributed by atoms with Gasteiger partial charge < -0.3 is 5.11 Å². The number of nitrogens with zero attached hydrogens (tertiary/aromatic N) is 2. The second-order valence-corrected chi connectivity index (χ2v) is 5.77. The Morgan fingerprint density at radius 1 is 1.47 bits per heavy atom. The van der Waals surface area contributed by atoms with Crippen molar-refractivity contribution in [2.45, 2.75) is 24.5 Å². The Kier molecular flexibility index (Phi) is 3.93. The fraction of sp³-hybridized carbons (Fsp3) is 0.273. The fourth-order valence-electron chi connectivity index (χ4n) is 1.50. The first kappa shape index (κ1) is 13.7. The SMILES string of the molecule is CC(O)c1cccc(S(=O)(=O)NCc2ncn[nH]2)c1. The van der Waals surface area contributed by atoms with Crippen LogP contribution in [0.5, 0.6) is 0 Å². The van der Waals surface area contributed by atoms with Crippen LogP contribution < -0.4 is 4.72 Å². The van der Waals surface area contributed by atoms with Gasteiger partial charge in [0, 0.05) is 0 Å². The lowest BCUT2D eigenvalue weighted by Crippen LogP contribution is -2.24. The lowest BCUT2D eigenvalue weighted by atomic mass is 10.1. The van der Waals surface area contributed by atoms with Crippen LogP contribution in [0.25, 0.3) is 0 Å². The monoisotopic (exact) mass is 282 g/mol. The minimum atomic E-state index is -3.64. The topological polar surface area (TPSA) is 108 Å². The number of nitrogens with one attached hydrogen (secondary N) is 2. The number of aromatic nitrogens is 3. The van der Waals surface area contributed by atoms with E-state index in [0.717, 1.165) is 0 Å². The molecule has 0 spiro atoms. The smallest absolute Gasteiger partial charge is 0.240 e. The summed E-state index contributed by atoms with van der Waals surface area (Å²) in [6.07, 6.45) is 0.585. The molecular weight excluding hydrogens is 268 g/mol. The van der Waals surface area contributed by atoms with Gasteiger partial charge in [0.25, 0.3) is 0 Å². The molecular formula is C11H14N4O3S. The van der Waals surface area contributed by atoms with Crippen LogP contribution >= 0.6 is 0 Å². The number of benzene rings is 1. The van der Waals surface area contributed by atoms with Crippen LogP contribution in [0.1, 0.15) is 24.4 Å². The molecule has 0 amide bonds. The van der Waals surface area contributed by atoms with Crippen LogP contribution in [0.4, 0.5) is 0 Å². The maximum absolute atomic E-state index is 12.0. The zero-order valence-corrected chi connectivity index (χ0v) is 11.1. The summed E-state index contributed by atoms with van der Waals surface area (Å²) in [4.78, 5) is 3.93. The van der Waals surface area contributed by atoms with Crippen molar-refractivity contribution in [1.29, 1.82) is 0 Å². The van der Waals surface area contributed by atoms with Crippen molar-refractivity contribution in [3.05, 3.63) is 42.0 Å². The summed E-state index contributed by atoms with van der Waals surface area (Å²) >= 11 is 0. The van der Waals surface area contributed by atoms with Crippen LogP contribution in [0, 0.1) is 0 Å². The van der Waals surface area contributed by atoms with E-state index in [1.165, 1.54) is 18.5 Å². The highest BCUT2D eigenvalue weighted by molar-refractivity contribution is 7.89. The van der Waals surface area contributed by atoms with Crippen molar-refractivity contribution in [1.82, 2.24) is 19.9 Å². The molecule has 0 aliphatic rings. The zero-order chi connectivity index (χ0) is 13.9. The Hall–Kier alpha value is -1.77. The summed E-state index contributed by atoms with van der Waals surface area (Å²) in [7, 11) is -3.64. The molecule has 0 aliphatic carbocycles. The van der Waals surface area contributed by atoms with E-state index >= 15 is 0 Å². The summed E-state index contributed by atoms with van der Waals surface area (Å²) in [6.45, 7) is 1.61. The molecule has 8 heteroatoms. The number of hydrogen-bond acceptors (Lipinski definition) is 5. The quantitative estimate of drug-likeness (QED) is 0.732. The molecule has 0 saturated heterocycles. The Morgan fingerprint density at radius 2 is 2.26 bits per heavy atom. The van der Waals surface area contributed by atoms with Gasteiger partial charge in [-0.15, -0.1) is 0 Å². The Balaban J connectivity index is 2.17. The van der Waals surface area contributed by atoms with Crippen LogP contribution in [-0.4, -0.2) is 28.7 Å². The van der Waals surface area contributed by atoms with Crippen LogP contribution in [0.2, 0.25) is 0 Å². The van der Waals surface area contributed by atoms with E-state index in [4.69, 9.17) is 0 Å². The highest BCUT2D eigenvalue weighted by atomic mass is 32.2. The van der Waals surface area contributed by atoms with Crippen molar-refractivity contribution in [2.75, 3.05) is 0 Å². The third kappa shape index (κ3) is 3.37. The van der Waals surface area contributed by atoms with Crippen LogP contribution in [0.3, 0.4) is 0 Å². The van der Waals surface area contributed by atoms with Crippen molar-refractivity contribution >= 4 is 10.0 Å². The van der Waals surface area contributed by atoms with E-state index in [2.05, 4.69) is 19.9 Å². The number of H-pyrrole nitrogens is 1. The molecule has 19 heavy (non-hydrogen) atoms. The van der Waals surface area contributed by atoms with Gasteiger partial charge in [-0.3, -0.25) is 5.10 Å². The van der Waals surface area contributed by atoms with E-state index in [1.54, 1.807) is 19.1 Å². The number of sulfonamides is 1. The third-order valence-electron chi connectivity index (χ3n) is 2.55. The molecule has 1 aromatic heterocycles. The fourth-order valence-corrected chi connectivity index (χ4v) is 2.55. The summed E-state index contributed by atoms with van der Waals surface area (Å²) in [5.74, 6) is 0.426. The van der Waals surface area contributed by atoms with E-state index in [-0.39, 0.29) is 11.4 Å². The molecule has 0 aliphatic heterocycles. The molecule has 2 rings (SSSR count). The Morgan fingerprint density at radius 3 is 2.89 bits per heavy atom. The van der Waals surface area contributed by atoms with Gasteiger partial charge >= 0.3 is 0 Å². The third-order valence-corrected chi connectivity index (χ3v) is 3.94. The van der Waals surface area contributed by atoms with E-state index in [0.29, 0.717) is 11.4 Å². The molecule has 1 aromatic carbocycles. The van der Waals surface area contributed by atoms with E-state index in [9.17, 15) is 13.5 Å². The average molecular weight is 282 g/mol. The second kappa shape index (κ2) is 5.47. The maximum Gasteiger partial charge on any atom is 0.240 e. The molecule has 0 bridgehead atoms. The Bertz CT molecular complexity index is 638. The van der Waals surface area contributed by atoms with Gasteiger partial charge in [-0.05, 0) is 24.6 Å². The number of hydrogen-bond donors (Lipinski definition) is 3. The lowest BCUT2D eigenvalue weighted by molar-refractivity contribution is 0.199. The van der Waals surface area contributed by atoms with Gasteiger partial charge in [-0.25, -0.2) is 18.1 Å². The van der Waals surface area contributed by atoms with Crippen molar-refractivity contribution < 1.29 is 13.5 Å². The predicted molar refractivity (Wildman–Crippen MR) is 67.5 cm³/mol. The standard InChI is InChI=1S/C11H14N4O3S/c1-8(16)9-3-2-4-10(5-9)19(17,18)14-6-11-12-7-13-15-11/h2-5,7-8,14,16H,6H2,1H3,(H,12,13,15). The average Bonchev–Trinajstić information content (AvgIpc) is 2.90. The maximum atomic E-state index is 12.0. The van der Waals surface area contributed by atoms with Crippen LogP contribution in [0.15, 0.2) is 35.5 Å². The number of rotatable bonds is 5. The summed E-state index contributed by atoms with van der Waals surface area (Å²) < 4.78 is 26.5. The van der Waals surface area contributed by atoms with Gasteiger partial charge in [0.05, 0.1) is 17.5 Å². The van der Waals surface area contributed by atoms with Crippen molar-refractivity contribution in [2.24, 2.45) is 0 Å². The number of aromatic amines is 1. The normalized spacial score (nSPS) is 13.4. The van der Waals surface area contributed by atoms with Gasteiger partial charge in [0.15, 0.2) is 0 Å². The molecule has 3 N–H and O–H groups in total. The highest BCUT2D eigenvalue weighted by Crippen LogP contribution is 2.17. The molecule has 2 aromatic rings. The van der Waals surface area contributed by atoms with Gasteiger partial charge in [0.2, 0.25) is 10.0 Å². The lowest BCUT2D eigenvalue weighted by Gasteiger charge is -2.09.